The molecule has 11 heteroatoms. The van der Waals surface area contributed by atoms with Crippen molar-refractivity contribution in [1.82, 2.24) is 0 Å². The second-order valence-corrected chi connectivity index (χ2v) is 9.68. The highest BCUT2D eigenvalue weighted by molar-refractivity contribution is 6.01. The fourth-order valence-corrected chi connectivity index (χ4v) is 4.32. The van der Waals surface area contributed by atoms with Gasteiger partial charge in [-0.1, -0.05) is 25.5 Å². The second-order valence-electron chi connectivity index (χ2n) is 9.68. The zero-order valence-electron chi connectivity index (χ0n) is 21.3. The van der Waals surface area contributed by atoms with E-state index >= 15 is 0 Å². The van der Waals surface area contributed by atoms with Gasteiger partial charge in [-0.2, -0.15) is 0 Å². The number of carbonyl (C=O) groups is 5. The Balaban J connectivity index is 1.72. The summed E-state index contributed by atoms with van der Waals surface area (Å²) in [5.74, 6) is -4.82. The molecule has 196 valence electrons. The summed E-state index contributed by atoms with van der Waals surface area (Å²) in [5.41, 5.74) is 2.04. The molecule has 0 radical (unpaired) electrons. The van der Waals surface area contributed by atoms with Crippen LogP contribution in [0.1, 0.15) is 54.9 Å². The molecule has 1 aliphatic carbocycles. The maximum atomic E-state index is 12.9. The number of hydrogen-bond donors (Lipinski definition) is 0. The molecule has 3 rings (SSSR count). The lowest BCUT2D eigenvalue weighted by atomic mass is 9.70. The number of ketones is 1. The summed E-state index contributed by atoms with van der Waals surface area (Å²) in [4.78, 5) is 60.8. The normalized spacial score (nSPS) is 27.5. The molecule has 0 aromatic heterocycles. The van der Waals surface area contributed by atoms with Gasteiger partial charge in [-0.15, -0.1) is 0 Å². The van der Waals surface area contributed by atoms with Crippen LogP contribution in [0, 0.1) is 5.41 Å². The van der Waals surface area contributed by atoms with Crippen LogP contribution in [-0.4, -0.2) is 60.9 Å². The van der Waals surface area contributed by atoms with Crippen LogP contribution in [0.3, 0.4) is 0 Å². The van der Waals surface area contributed by atoms with E-state index in [1.54, 1.807) is 6.92 Å². The van der Waals surface area contributed by atoms with Gasteiger partial charge in [0, 0.05) is 20.3 Å². The van der Waals surface area contributed by atoms with Crippen LogP contribution >= 0.6 is 0 Å². The van der Waals surface area contributed by atoms with Crippen LogP contribution in [0.5, 0.6) is 0 Å². The monoisotopic (exact) mass is 506 g/mol. The topological polar surface area (TPSA) is 141 Å². The highest BCUT2D eigenvalue weighted by Gasteiger charge is 2.49. The van der Waals surface area contributed by atoms with Crippen LogP contribution in [0.15, 0.2) is 34.3 Å². The van der Waals surface area contributed by atoms with E-state index in [9.17, 15) is 24.0 Å². The van der Waals surface area contributed by atoms with Crippen LogP contribution < -0.4 is 0 Å². The second kappa shape index (κ2) is 10.4. The molecule has 0 spiro atoms. The van der Waals surface area contributed by atoms with Gasteiger partial charge >= 0.3 is 23.9 Å². The Labute approximate surface area is 208 Å². The molecule has 0 aromatic rings. The van der Waals surface area contributed by atoms with Gasteiger partial charge in [-0.3, -0.25) is 14.4 Å². The molecular formula is C25H30O11. The van der Waals surface area contributed by atoms with Gasteiger partial charge in [0.05, 0.1) is 6.61 Å². The molecular weight excluding hydrogens is 476 g/mol. The lowest BCUT2D eigenvalue weighted by molar-refractivity contribution is -0.185. The minimum absolute atomic E-state index is 0.233. The molecule has 0 bridgehead atoms. The Morgan fingerprint density at radius 3 is 2.25 bits per heavy atom. The van der Waals surface area contributed by atoms with Crippen LogP contribution in [0.4, 0.5) is 0 Å². The molecule has 3 aliphatic rings. The molecule has 1 saturated heterocycles. The molecule has 11 nitrogen and oxygen atoms in total. The molecule has 1 fully saturated rings. The first kappa shape index (κ1) is 27.3. The quantitative estimate of drug-likeness (QED) is 0.387. The van der Waals surface area contributed by atoms with Crippen molar-refractivity contribution in [3.63, 3.8) is 0 Å². The molecule has 4 atom stereocenters. The predicted molar refractivity (Wildman–Crippen MR) is 120 cm³/mol. The number of rotatable bonds is 6. The standard InChI is InChI=1S/C25H30O11/c1-11(2)8-15-12(3)18(28)16(9-25(15,6)7)34-23(30)24-31-10-17(35-24)19-20(32-13(4)26)21(22(29)36-19)33-14(5)27/h8,16-17,19,24H,9-10H2,1-7H3/t16?,17-,19+,24?/m0/s1. The zero-order valence-corrected chi connectivity index (χ0v) is 21.3. The van der Waals surface area contributed by atoms with Gasteiger partial charge in [0.15, 0.2) is 18.0 Å². The van der Waals surface area contributed by atoms with Gasteiger partial charge in [-0.25, -0.2) is 9.59 Å². The zero-order chi connectivity index (χ0) is 26.9. The number of Topliss-reactive ketones (excluding diaryl/α,β-unsaturated/α-hetero) is 1. The number of carbonyl (C=O) groups excluding carboxylic acids is 5. The SMILES string of the molecule is CC(=O)OC1=C(OC(C)=O)[C@@H]([C@@H]2COC(C(=O)OC3CC(C)(C)C(C=C(C)C)=C(C)C3=O)O2)OC1=O. The van der Waals surface area contributed by atoms with E-state index in [0.717, 1.165) is 25.0 Å². The summed E-state index contributed by atoms with van der Waals surface area (Å²) >= 11 is 0. The Kier molecular flexibility index (Phi) is 7.85. The average molecular weight is 507 g/mol. The first-order valence-electron chi connectivity index (χ1n) is 11.4. The van der Waals surface area contributed by atoms with Gasteiger partial charge in [-0.05, 0) is 37.3 Å². The molecule has 0 aromatic carbocycles. The molecule has 36 heavy (non-hydrogen) atoms. The first-order chi connectivity index (χ1) is 16.7. The highest BCUT2D eigenvalue weighted by Crippen LogP contribution is 2.41. The molecule has 2 heterocycles. The maximum Gasteiger partial charge on any atom is 0.378 e. The van der Waals surface area contributed by atoms with Crippen LogP contribution in [-0.2, 0) is 52.4 Å². The predicted octanol–water partition coefficient (Wildman–Crippen LogP) is 2.18. The van der Waals surface area contributed by atoms with E-state index in [1.165, 1.54) is 0 Å². The highest BCUT2D eigenvalue weighted by atomic mass is 16.8. The minimum Gasteiger partial charge on any atom is -0.450 e. The van der Waals surface area contributed by atoms with Crippen molar-refractivity contribution in [3.8, 4) is 0 Å². The van der Waals surface area contributed by atoms with E-state index in [-0.39, 0.29) is 24.6 Å². The van der Waals surface area contributed by atoms with Gasteiger partial charge in [0.2, 0.25) is 5.76 Å². The third kappa shape index (κ3) is 5.73. The third-order valence-electron chi connectivity index (χ3n) is 5.82. The molecule has 2 unspecified atom stereocenters. The summed E-state index contributed by atoms with van der Waals surface area (Å²) in [7, 11) is 0. The van der Waals surface area contributed by atoms with E-state index in [0.29, 0.717) is 5.57 Å². The molecule has 0 N–H and O–H groups in total. The molecule has 0 saturated carbocycles. The number of hydrogen-bond acceptors (Lipinski definition) is 11. The number of cyclic esters (lactones) is 1. The maximum absolute atomic E-state index is 12.9. The number of esters is 4. The molecule has 2 aliphatic heterocycles. The van der Waals surface area contributed by atoms with Crippen molar-refractivity contribution >= 4 is 29.7 Å². The Hall–Kier alpha value is -3.31. The summed E-state index contributed by atoms with van der Waals surface area (Å²) in [6, 6.07) is 0. The smallest absolute Gasteiger partial charge is 0.378 e. The molecule has 0 amide bonds. The number of ether oxygens (including phenoxy) is 6. The van der Waals surface area contributed by atoms with E-state index in [1.807, 2.05) is 33.8 Å². The summed E-state index contributed by atoms with van der Waals surface area (Å²) in [5, 5.41) is 0. The lowest BCUT2D eigenvalue weighted by Crippen LogP contribution is -2.41. The van der Waals surface area contributed by atoms with Crippen molar-refractivity contribution in [1.29, 1.82) is 0 Å². The van der Waals surface area contributed by atoms with Crippen molar-refractivity contribution in [2.45, 2.75) is 79.5 Å². The van der Waals surface area contributed by atoms with Crippen molar-refractivity contribution in [2.75, 3.05) is 6.61 Å². The first-order valence-corrected chi connectivity index (χ1v) is 11.4. The summed E-state index contributed by atoms with van der Waals surface area (Å²) < 4.78 is 31.5. The summed E-state index contributed by atoms with van der Waals surface area (Å²) in [6.07, 6.45) is -2.68. The fraction of sp³-hybridized carbons (Fsp3) is 0.560. The summed E-state index contributed by atoms with van der Waals surface area (Å²) in [6.45, 7) is 11.4. The van der Waals surface area contributed by atoms with Crippen LogP contribution in [0.2, 0.25) is 0 Å². The average Bonchev–Trinajstić information content (AvgIpc) is 3.35. The lowest BCUT2D eigenvalue weighted by Gasteiger charge is -2.36. The Bertz CT molecular complexity index is 1090. The van der Waals surface area contributed by atoms with E-state index in [4.69, 9.17) is 28.4 Å². The number of allylic oxidation sites excluding steroid dienone is 3. The van der Waals surface area contributed by atoms with Gasteiger partial charge < -0.3 is 28.4 Å². The Morgan fingerprint density at radius 1 is 1.03 bits per heavy atom. The van der Waals surface area contributed by atoms with Crippen molar-refractivity contribution in [3.05, 3.63) is 34.3 Å². The van der Waals surface area contributed by atoms with Crippen molar-refractivity contribution in [2.24, 2.45) is 5.41 Å². The largest absolute Gasteiger partial charge is 0.450 e. The minimum atomic E-state index is -1.51. The van der Waals surface area contributed by atoms with Crippen LogP contribution in [0.25, 0.3) is 0 Å². The fourth-order valence-electron chi connectivity index (χ4n) is 4.32. The van der Waals surface area contributed by atoms with Crippen molar-refractivity contribution < 1.29 is 52.4 Å². The third-order valence-corrected chi connectivity index (χ3v) is 5.82. The Morgan fingerprint density at radius 2 is 1.67 bits per heavy atom. The van der Waals surface area contributed by atoms with E-state index < -0.39 is 59.7 Å². The van der Waals surface area contributed by atoms with E-state index in [2.05, 4.69) is 0 Å². The van der Waals surface area contributed by atoms with Gasteiger partial charge in [0.1, 0.15) is 6.10 Å². The van der Waals surface area contributed by atoms with Gasteiger partial charge in [0.25, 0.3) is 12.0 Å².